The first-order valence-corrected chi connectivity index (χ1v) is 7.40. The zero-order valence-corrected chi connectivity index (χ0v) is 12.0. The van der Waals surface area contributed by atoms with Gasteiger partial charge >= 0.3 is 0 Å². The van der Waals surface area contributed by atoms with Gasteiger partial charge in [-0.2, -0.15) is 11.8 Å². The lowest BCUT2D eigenvalue weighted by Gasteiger charge is -2.10. The fourth-order valence-corrected chi connectivity index (χ4v) is 1.76. The van der Waals surface area contributed by atoms with Crippen LogP contribution in [0.5, 0.6) is 0 Å². The molecule has 17 heavy (non-hydrogen) atoms. The summed E-state index contributed by atoms with van der Waals surface area (Å²) in [5.41, 5.74) is 0. The molecule has 1 aromatic rings. The molecule has 0 saturated heterocycles. The molecule has 0 aromatic carbocycles. The van der Waals surface area contributed by atoms with E-state index in [1.54, 1.807) is 0 Å². The summed E-state index contributed by atoms with van der Waals surface area (Å²) in [7, 11) is 0. The minimum Gasteiger partial charge on any atom is -0.310 e. The average molecular weight is 257 g/mol. The second-order valence-electron chi connectivity index (χ2n) is 4.68. The quantitative estimate of drug-likeness (QED) is 0.766. The van der Waals surface area contributed by atoms with Gasteiger partial charge in [-0.05, 0) is 35.6 Å². The highest BCUT2D eigenvalue weighted by Gasteiger charge is 2.07. The topological polar surface area (TPSA) is 55.6 Å². The Hall–Kier alpha value is -0.620. The van der Waals surface area contributed by atoms with E-state index in [9.17, 15) is 0 Å². The Morgan fingerprint density at radius 1 is 1.35 bits per heavy atom. The zero-order valence-electron chi connectivity index (χ0n) is 11.2. The molecule has 1 atom stereocenters. The van der Waals surface area contributed by atoms with E-state index in [1.165, 1.54) is 0 Å². The van der Waals surface area contributed by atoms with Crippen molar-refractivity contribution in [2.75, 3.05) is 12.8 Å². The van der Waals surface area contributed by atoms with Crippen LogP contribution in [-0.4, -0.2) is 38.3 Å². The van der Waals surface area contributed by atoms with E-state index in [2.05, 4.69) is 47.9 Å². The molecule has 1 unspecified atom stereocenters. The van der Waals surface area contributed by atoms with E-state index in [0.29, 0.717) is 11.2 Å². The number of nitrogens with one attached hydrogen (secondary N) is 1. The molecule has 0 bridgehead atoms. The molecule has 0 aliphatic carbocycles. The van der Waals surface area contributed by atoms with Gasteiger partial charge in [0.25, 0.3) is 0 Å². The van der Waals surface area contributed by atoms with Crippen LogP contribution in [0.3, 0.4) is 0 Å². The van der Waals surface area contributed by atoms with E-state index in [-0.39, 0.29) is 0 Å². The van der Waals surface area contributed by atoms with Crippen LogP contribution < -0.4 is 5.32 Å². The first kappa shape index (κ1) is 14.4. The molecule has 6 heteroatoms. The summed E-state index contributed by atoms with van der Waals surface area (Å²) in [4.78, 5) is 0. The average Bonchev–Trinajstić information content (AvgIpc) is 2.73. The van der Waals surface area contributed by atoms with Gasteiger partial charge in [-0.25, -0.2) is 4.68 Å². The van der Waals surface area contributed by atoms with Crippen LogP contribution in [-0.2, 0) is 13.1 Å². The standard InChI is InChI=1S/C11H23N5S/c1-9(2)7-12-8-11-13-14-15-16(11)6-5-10(3)17-4/h9-10,12H,5-8H2,1-4H3. The number of hydrogen-bond acceptors (Lipinski definition) is 5. The second kappa shape index (κ2) is 7.66. The van der Waals surface area contributed by atoms with Crippen molar-refractivity contribution in [1.29, 1.82) is 0 Å². The van der Waals surface area contributed by atoms with Gasteiger partial charge in [-0.3, -0.25) is 0 Å². The molecule has 0 amide bonds. The number of rotatable bonds is 8. The molecular formula is C11H23N5S. The molecule has 0 spiro atoms. The predicted molar refractivity (Wildman–Crippen MR) is 72.0 cm³/mol. The fraction of sp³-hybridized carbons (Fsp3) is 0.909. The molecule has 1 heterocycles. The Morgan fingerprint density at radius 3 is 2.76 bits per heavy atom. The molecule has 0 radical (unpaired) electrons. The van der Waals surface area contributed by atoms with Gasteiger partial charge < -0.3 is 5.32 Å². The maximum atomic E-state index is 4.05. The van der Waals surface area contributed by atoms with Crippen LogP contribution >= 0.6 is 11.8 Å². The minimum absolute atomic E-state index is 0.649. The van der Waals surface area contributed by atoms with Crippen molar-refractivity contribution < 1.29 is 0 Å². The second-order valence-corrected chi connectivity index (χ2v) is 5.95. The van der Waals surface area contributed by atoms with Crippen molar-refractivity contribution >= 4 is 11.8 Å². The summed E-state index contributed by atoms with van der Waals surface area (Å²) < 4.78 is 1.90. The van der Waals surface area contributed by atoms with E-state index >= 15 is 0 Å². The zero-order chi connectivity index (χ0) is 12.7. The minimum atomic E-state index is 0.649. The molecule has 0 fully saturated rings. The number of nitrogens with zero attached hydrogens (tertiary/aromatic N) is 4. The normalized spacial score (nSPS) is 13.2. The highest BCUT2D eigenvalue weighted by atomic mass is 32.2. The lowest BCUT2D eigenvalue weighted by Crippen LogP contribution is -2.22. The molecule has 0 saturated carbocycles. The summed E-state index contributed by atoms with van der Waals surface area (Å²) in [6.45, 7) is 9.25. The number of thioether (sulfide) groups is 1. The molecule has 98 valence electrons. The Kier molecular flexibility index (Phi) is 6.50. The Bertz CT molecular complexity index is 313. The monoisotopic (exact) mass is 257 g/mol. The van der Waals surface area contributed by atoms with E-state index in [0.717, 1.165) is 31.9 Å². The van der Waals surface area contributed by atoms with Gasteiger partial charge in [0.1, 0.15) is 0 Å². The predicted octanol–water partition coefficient (Wildman–Crippen LogP) is 1.56. The summed E-state index contributed by atoms with van der Waals surface area (Å²) in [6.07, 6.45) is 3.23. The summed E-state index contributed by atoms with van der Waals surface area (Å²) in [6, 6.07) is 0. The molecule has 1 rings (SSSR count). The lowest BCUT2D eigenvalue weighted by atomic mass is 10.2. The van der Waals surface area contributed by atoms with Crippen molar-refractivity contribution in [1.82, 2.24) is 25.5 Å². The highest BCUT2D eigenvalue weighted by molar-refractivity contribution is 7.99. The van der Waals surface area contributed by atoms with Gasteiger partial charge in [-0.15, -0.1) is 5.10 Å². The number of hydrogen-bond donors (Lipinski definition) is 1. The van der Waals surface area contributed by atoms with Gasteiger partial charge in [-0.1, -0.05) is 20.8 Å². The maximum absolute atomic E-state index is 4.05. The van der Waals surface area contributed by atoms with Gasteiger partial charge in [0.05, 0.1) is 6.54 Å². The SMILES string of the molecule is CSC(C)CCn1nnnc1CNCC(C)C. The molecular weight excluding hydrogens is 234 g/mol. The van der Waals surface area contributed by atoms with Crippen LogP contribution in [0.4, 0.5) is 0 Å². The molecule has 5 nitrogen and oxygen atoms in total. The van der Waals surface area contributed by atoms with Crippen molar-refractivity contribution in [3.05, 3.63) is 5.82 Å². The number of aromatic nitrogens is 4. The molecule has 1 aromatic heterocycles. The first-order chi connectivity index (χ1) is 8.13. The Morgan fingerprint density at radius 2 is 2.12 bits per heavy atom. The van der Waals surface area contributed by atoms with Crippen molar-refractivity contribution in [3.8, 4) is 0 Å². The highest BCUT2D eigenvalue weighted by Crippen LogP contribution is 2.10. The first-order valence-electron chi connectivity index (χ1n) is 6.12. The summed E-state index contributed by atoms with van der Waals surface area (Å²) >= 11 is 1.88. The van der Waals surface area contributed by atoms with Crippen molar-refractivity contribution in [2.24, 2.45) is 5.92 Å². The van der Waals surface area contributed by atoms with Gasteiger partial charge in [0.15, 0.2) is 5.82 Å². The van der Waals surface area contributed by atoms with Crippen LogP contribution in [0, 0.1) is 5.92 Å². The Balaban J connectivity index is 2.37. The molecule has 1 N–H and O–H groups in total. The largest absolute Gasteiger partial charge is 0.310 e. The molecule has 0 aliphatic rings. The summed E-state index contributed by atoms with van der Waals surface area (Å²) in [5.74, 6) is 1.58. The van der Waals surface area contributed by atoms with E-state index in [4.69, 9.17) is 0 Å². The fourth-order valence-electron chi connectivity index (χ4n) is 1.42. The third-order valence-corrected chi connectivity index (χ3v) is 3.63. The third-order valence-electron chi connectivity index (χ3n) is 2.59. The Labute approximate surface area is 108 Å². The smallest absolute Gasteiger partial charge is 0.165 e. The van der Waals surface area contributed by atoms with Crippen LogP contribution in [0.1, 0.15) is 33.0 Å². The van der Waals surface area contributed by atoms with Crippen molar-refractivity contribution in [3.63, 3.8) is 0 Å². The van der Waals surface area contributed by atoms with Crippen molar-refractivity contribution in [2.45, 2.75) is 45.5 Å². The van der Waals surface area contributed by atoms with Gasteiger partial charge in [0, 0.05) is 11.8 Å². The number of tetrazole rings is 1. The third kappa shape index (κ3) is 5.50. The van der Waals surface area contributed by atoms with Crippen LogP contribution in [0.25, 0.3) is 0 Å². The number of aryl methyl sites for hydroxylation is 1. The van der Waals surface area contributed by atoms with Crippen LogP contribution in [0.15, 0.2) is 0 Å². The van der Waals surface area contributed by atoms with Gasteiger partial charge in [0.2, 0.25) is 0 Å². The molecule has 0 aliphatic heterocycles. The maximum Gasteiger partial charge on any atom is 0.165 e. The summed E-state index contributed by atoms with van der Waals surface area (Å²) in [5, 5.41) is 15.8. The van der Waals surface area contributed by atoms with E-state index < -0.39 is 0 Å². The lowest BCUT2D eigenvalue weighted by molar-refractivity contribution is 0.499. The van der Waals surface area contributed by atoms with Crippen LogP contribution in [0.2, 0.25) is 0 Å². The van der Waals surface area contributed by atoms with E-state index in [1.807, 2.05) is 16.4 Å².